The normalized spacial score (nSPS) is 11.6. The predicted octanol–water partition coefficient (Wildman–Crippen LogP) is 3.52. The maximum Gasteiger partial charge on any atom is 0.358 e. The third-order valence-corrected chi connectivity index (χ3v) is 5.53. The summed E-state index contributed by atoms with van der Waals surface area (Å²) in [7, 11) is 0. The second-order valence-corrected chi connectivity index (χ2v) is 8.97. The molecule has 0 aliphatic carbocycles. The van der Waals surface area contributed by atoms with Gasteiger partial charge in [0.05, 0.1) is 10.6 Å². The predicted molar refractivity (Wildman–Crippen MR) is 112 cm³/mol. The average molecular weight is 419 g/mol. The van der Waals surface area contributed by atoms with Crippen LogP contribution in [0.1, 0.15) is 30.4 Å². The van der Waals surface area contributed by atoms with Gasteiger partial charge in [0, 0.05) is 23.2 Å². The van der Waals surface area contributed by atoms with Crippen molar-refractivity contribution in [3.8, 4) is 11.3 Å². The Morgan fingerprint density at radius 2 is 2.11 bits per heavy atom. The first kappa shape index (κ1) is 20.0. The van der Waals surface area contributed by atoms with Crippen LogP contribution in [0.15, 0.2) is 29.4 Å². The van der Waals surface area contributed by atoms with E-state index < -0.39 is 10.5 Å². The standard InChI is InChI=1S/C18H19N5O3S2/c1-18(2,3)22-15(24)14-12(19)11-13(20-17(27-4)21-16(11)28-14)9-6-5-7-10(8-9)23(25)26/h5-8H,19H2,1-4H3,(H,22,24)/p+1. The molecular formula is C18H20N5O3S2+. The van der Waals surface area contributed by atoms with Crippen LogP contribution in [0.2, 0.25) is 0 Å². The Morgan fingerprint density at radius 3 is 2.71 bits per heavy atom. The first-order valence-corrected chi connectivity index (χ1v) is 10.4. The van der Waals surface area contributed by atoms with E-state index >= 15 is 0 Å². The van der Waals surface area contributed by atoms with Crippen LogP contribution < -0.4 is 16.0 Å². The second-order valence-electron chi connectivity index (χ2n) is 7.16. The minimum Gasteiger partial charge on any atom is -0.397 e. The highest BCUT2D eigenvalue weighted by atomic mass is 32.2. The number of nitro benzene ring substituents is 1. The van der Waals surface area contributed by atoms with Gasteiger partial charge < -0.3 is 11.1 Å². The van der Waals surface area contributed by atoms with Gasteiger partial charge >= 0.3 is 5.16 Å². The molecule has 0 bridgehead atoms. The zero-order chi connectivity index (χ0) is 20.6. The molecule has 0 aliphatic rings. The summed E-state index contributed by atoms with van der Waals surface area (Å²) in [5.74, 6) is -0.268. The lowest BCUT2D eigenvalue weighted by Gasteiger charge is -2.19. The van der Waals surface area contributed by atoms with Crippen molar-refractivity contribution in [2.45, 2.75) is 31.5 Å². The number of rotatable bonds is 4. The number of anilines is 1. The topological polar surface area (TPSA) is 125 Å². The molecule has 3 rings (SSSR count). The van der Waals surface area contributed by atoms with Crippen molar-refractivity contribution in [1.82, 2.24) is 10.3 Å². The van der Waals surface area contributed by atoms with Crippen LogP contribution in [0.3, 0.4) is 0 Å². The molecule has 4 N–H and O–H groups in total. The zero-order valence-corrected chi connectivity index (χ0v) is 17.5. The molecule has 0 unspecified atom stereocenters. The number of H-pyrrole nitrogens is 1. The van der Waals surface area contributed by atoms with Gasteiger partial charge in [-0.25, -0.2) is 4.98 Å². The molecule has 0 spiro atoms. The maximum absolute atomic E-state index is 12.7. The van der Waals surface area contributed by atoms with E-state index in [9.17, 15) is 14.9 Å². The molecule has 0 fully saturated rings. The molecule has 1 amide bonds. The quantitative estimate of drug-likeness (QED) is 0.289. The number of hydrogen-bond acceptors (Lipinski definition) is 7. The van der Waals surface area contributed by atoms with E-state index in [1.807, 2.05) is 27.0 Å². The molecule has 8 nitrogen and oxygen atoms in total. The Kier molecular flexibility index (Phi) is 5.26. The van der Waals surface area contributed by atoms with E-state index in [1.165, 1.54) is 35.2 Å². The summed E-state index contributed by atoms with van der Waals surface area (Å²) in [6.07, 6.45) is 1.87. The van der Waals surface area contributed by atoms with Crippen LogP contribution in [0.5, 0.6) is 0 Å². The molecule has 146 valence electrons. The van der Waals surface area contributed by atoms with Crippen LogP contribution in [-0.4, -0.2) is 27.6 Å². The molecule has 1 aromatic carbocycles. The molecule has 0 aliphatic heterocycles. The van der Waals surface area contributed by atoms with Crippen molar-refractivity contribution >= 4 is 50.6 Å². The molecule has 2 heterocycles. The first-order valence-electron chi connectivity index (χ1n) is 8.37. The Balaban J connectivity index is 2.24. The number of aromatic amines is 1. The van der Waals surface area contributed by atoms with Crippen molar-refractivity contribution in [3.63, 3.8) is 0 Å². The van der Waals surface area contributed by atoms with Gasteiger partial charge in [-0.2, -0.15) is 0 Å². The van der Waals surface area contributed by atoms with Gasteiger partial charge in [-0.1, -0.05) is 23.5 Å². The molecule has 0 saturated heterocycles. The number of nitro groups is 1. The molecule has 0 radical (unpaired) electrons. The van der Waals surface area contributed by atoms with Gasteiger partial charge in [-0.3, -0.25) is 14.9 Å². The number of hydrogen-bond donors (Lipinski definition) is 2. The number of amides is 1. The van der Waals surface area contributed by atoms with Crippen LogP contribution in [0, 0.1) is 10.1 Å². The number of thiophene rings is 1. The van der Waals surface area contributed by atoms with Crippen LogP contribution in [0.4, 0.5) is 11.4 Å². The monoisotopic (exact) mass is 418 g/mol. The summed E-state index contributed by atoms with van der Waals surface area (Å²) in [4.78, 5) is 32.2. The van der Waals surface area contributed by atoms with E-state index in [1.54, 1.807) is 12.1 Å². The van der Waals surface area contributed by atoms with Gasteiger partial charge in [0.1, 0.15) is 10.3 Å². The fraction of sp³-hybridized carbons (Fsp3) is 0.278. The van der Waals surface area contributed by atoms with E-state index in [0.717, 1.165) is 0 Å². The molecule has 3 aromatic rings. The molecule has 0 saturated carbocycles. The Hall–Kier alpha value is -2.72. The number of nitrogens with zero attached hydrogens (tertiary/aromatic N) is 2. The van der Waals surface area contributed by atoms with E-state index in [-0.39, 0.29) is 11.6 Å². The highest BCUT2D eigenvalue weighted by Gasteiger charge is 2.28. The number of carbonyl (C=O) groups is 1. The summed E-state index contributed by atoms with van der Waals surface area (Å²) in [5.41, 5.74) is 7.27. The fourth-order valence-corrected chi connectivity index (χ4v) is 4.16. The minimum absolute atomic E-state index is 0.0366. The molecule has 0 atom stereocenters. The number of non-ortho nitro benzene ring substituents is 1. The summed E-state index contributed by atoms with van der Waals surface area (Å²) >= 11 is 2.64. The molecule has 28 heavy (non-hydrogen) atoms. The number of fused-ring (bicyclic) bond motifs is 1. The molecular weight excluding hydrogens is 398 g/mol. The van der Waals surface area contributed by atoms with Gasteiger partial charge in [-0.15, -0.1) is 0 Å². The Labute approximate surface area is 169 Å². The van der Waals surface area contributed by atoms with Crippen molar-refractivity contribution in [2.24, 2.45) is 0 Å². The third-order valence-electron chi connectivity index (χ3n) is 3.83. The highest BCUT2D eigenvalue weighted by molar-refractivity contribution is 7.98. The average Bonchev–Trinajstić information content (AvgIpc) is 2.96. The van der Waals surface area contributed by atoms with Crippen LogP contribution >= 0.6 is 23.1 Å². The van der Waals surface area contributed by atoms with Gasteiger partial charge in [0.25, 0.3) is 11.6 Å². The second kappa shape index (κ2) is 7.36. The number of aromatic nitrogens is 2. The number of carbonyl (C=O) groups excluding carboxylic acids is 1. The minimum atomic E-state index is -0.454. The van der Waals surface area contributed by atoms with Gasteiger partial charge in [0.2, 0.25) is 0 Å². The Bertz CT molecular complexity index is 1090. The van der Waals surface area contributed by atoms with Gasteiger partial charge in [-0.05, 0) is 43.8 Å². The van der Waals surface area contributed by atoms with Crippen molar-refractivity contribution in [3.05, 3.63) is 39.3 Å². The van der Waals surface area contributed by atoms with E-state index in [0.29, 0.717) is 37.2 Å². The van der Waals surface area contributed by atoms with Crippen LogP contribution in [-0.2, 0) is 0 Å². The van der Waals surface area contributed by atoms with Crippen molar-refractivity contribution < 1.29 is 14.7 Å². The number of thioether (sulfide) groups is 1. The lowest BCUT2D eigenvalue weighted by Crippen LogP contribution is -2.40. The smallest absolute Gasteiger partial charge is 0.358 e. The SMILES string of the molecule is CSc1nc(-c2cccc([N+](=O)[O-])c2)c2c(N)c(C(=O)NC(C)(C)C)sc2[nH+]1. The number of nitrogens with one attached hydrogen (secondary N) is 2. The van der Waals surface area contributed by atoms with E-state index in [4.69, 9.17) is 5.73 Å². The lowest BCUT2D eigenvalue weighted by molar-refractivity contribution is -0.399. The summed E-state index contributed by atoms with van der Waals surface area (Å²) in [6, 6.07) is 6.22. The van der Waals surface area contributed by atoms with Crippen molar-refractivity contribution in [1.29, 1.82) is 0 Å². The number of nitrogens with two attached hydrogens (primary N) is 1. The third kappa shape index (κ3) is 3.92. The first-order chi connectivity index (χ1) is 13.1. The summed E-state index contributed by atoms with van der Waals surface area (Å²) in [6.45, 7) is 5.67. The van der Waals surface area contributed by atoms with E-state index in [2.05, 4.69) is 15.3 Å². The number of nitrogen functional groups attached to an aromatic ring is 1. The maximum atomic E-state index is 12.7. The largest absolute Gasteiger partial charge is 0.397 e. The zero-order valence-electron chi connectivity index (χ0n) is 15.8. The van der Waals surface area contributed by atoms with Gasteiger partial charge in [0.15, 0.2) is 10.5 Å². The van der Waals surface area contributed by atoms with Crippen LogP contribution in [0.25, 0.3) is 21.5 Å². The lowest BCUT2D eigenvalue weighted by atomic mass is 10.1. The number of benzene rings is 1. The van der Waals surface area contributed by atoms with Crippen molar-refractivity contribution in [2.75, 3.05) is 12.0 Å². The fourth-order valence-electron chi connectivity index (χ4n) is 2.69. The summed E-state index contributed by atoms with van der Waals surface area (Å²) < 4.78 is 0. The Morgan fingerprint density at radius 1 is 1.39 bits per heavy atom. The molecule has 10 heteroatoms. The highest BCUT2D eigenvalue weighted by Crippen LogP contribution is 2.38. The summed E-state index contributed by atoms with van der Waals surface area (Å²) in [5, 5.41) is 15.3. The molecule has 2 aromatic heterocycles.